The number of nitrogens with two attached hydrogens (primary N) is 1. The fourth-order valence-corrected chi connectivity index (χ4v) is 4.22. The van der Waals surface area contributed by atoms with Gasteiger partial charge in [0, 0.05) is 70.7 Å². The van der Waals surface area contributed by atoms with Gasteiger partial charge >= 0.3 is 6.18 Å². The molecule has 1 fully saturated rings. The number of hydrogen-bond acceptors (Lipinski definition) is 5. The van der Waals surface area contributed by atoms with Gasteiger partial charge in [0.15, 0.2) is 0 Å². The van der Waals surface area contributed by atoms with Crippen molar-refractivity contribution in [3.63, 3.8) is 0 Å². The third kappa shape index (κ3) is 3.75. The molecule has 3 heterocycles. The summed E-state index contributed by atoms with van der Waals surface area (Å²) in [6.07, 6.45) is 2.46. The zero-order valence-electron chi connectivity index (χ0n) is 16.8. The average molecular weight is 444 g/mol. The molecule has 10 heteroatoms. The van der Waals surface area contributed by atoms with Gasteiger partial charge in [0.05, 0.1) is 11.1 Å². The van der Waals surface area contributed by atoms with E-state index in [4.69, 9.17) is 5.73 Å². The maximum atomic E-state index is 13.8. The van der Waals surface area contributed by atoms with Crippen LogP contribution in [0.25, 0.3) is 32.9 Å². The van der Waals surface area contributed by atoms with Gasteiger partial charge in [0.2, 0.25) is 5.95 Å². The van der Waals surface area contributed by atoms with Crippen molar-refractivity contribution in [2.75, 3.05) is 5.32 Å². The van der Waals surface area contributed by atoms with Crippen molar-refractivity contribution in [2.45, 2.75) is 43.7 Å². The molecule has 166 valence electrons. The van der Waals surface area contributed by atoms with Crippen molar-refractivity contribution in [2.24, 2.45) is 5.73 Å². The number of pyridine rings is 1. The maximum Gasteiger partial charge on any atom is 0.416 e. The second-order valence-corrected chi connectivity index (χ2v) is 8.10. The van der Waals surface area contributed by atoms with Crippen LogP contribution in [0.4, 0.5) is 23.5 Å². The summed E-state index contributed by atoms with van der Waals surface area (Å²) in [6.45, 7) is 0. The predicted molar refractivity (Wildman–Crippen MR) is 114 cm³/mol. The van der Waals surface area contributed by atoms with E-state index < -0.39 is 17.9 Å². The Kier molecular flexibility index (Phi) is 4.96. The number of fused-ring (bicyclic) bond motifs is 2. The van der Waals surface area contributed by atoms with Crippen molar-refractivity contribution in [1.29, 1.82) is 0 Å². The fraction of sp³-hybridized carbons (Fsp3) is 0.318. The first kappa shape index (κ1) is 20.6. The smallest absolute Gasteiger partial charge is 0.361 e. The van der Waals surface area contributed by atoms with Crippen molar-refractivity contribution in [3.8, 4) is 11.1 Å². The van der Waals surface area contributed by atoms with Gasteiger partial charge in [-0.15, -0.1) is 0 Å². The lowest BCUT2D eigenvalue weighted by Gasteiger charge is -2.31. The maximum absolute atomic E-state index is 13.8. The monoisotopic (exact) mass is 444 g/mol. The van der Waals surface area contributed by atoms with E-state index in [1.54, 1.807) is 24.8 Å². The van der Waals surface area contributed by atoms with Crippen LogP contribution in [-0.2, 0) is 6.18 Å². The molecule has 1 saturated carbocycles. The third-order valence-corrected chi connectivity index (χ3v) is 5.94. The predicted octanol–water partition coefficient (Wildman–Crippen LogP) is 4.82. The molecule has 1 aliphatic rings. The molecule has 32 heavy (non-hydrogen) atoms. The van der Waals surface area contributed by atoms with Gasteiger partial charge < -0.3 is 16.0 Å². The first-order valence-corrected chi connectivity index (χ1v) is 10.3. The number of rotatable bonds is 3. The van der Waals surface area contributed by atoms with Gasteiger partial charge in [-0.25, -0.2) is 14.4 Å². The summed E-state index contributed by atoms with van der Waals surface area (Å²) >= 11 is 0. The highest BCUT2D eigenvalue weighted by molar-refractivity contribution is 6.03. The van der Waals surface area contributed by atoms with E-state index in [1.807, 2.05) is 0 Å². The summed E-state index contributed by atoms with van der Waals surface area (Å²) in [7, 11) is 0. The van der Waals surface area contributed by atoms with Gasteiger partial charge in [0.1, 0.15) is 6.17 Å². The quantitative estimate of drug-likeness (QED) is 0.394. The fourth-order valence-electron chi connectivity index (χ4n) is 4.22. The van der Waals surface area contributed by atoms with E-state index in [-0.39, 0.29) is 18.5 Å². The normalized spacial score (nSPS) is 21.8. The van der Waals surface area contributed by atoms with Gasteiger partial charge in [0.25, 0.3) is 0 Å². The van der Waals surface area contributed by atoms with Crippen molar-refractivity contribution in [1.82, 2.24) is 19.9 Å². The van der Waals surface area contributed by atoms with Crippen molar-refractivity contribution >= 4 is 27.8 Å². The van der Waals surface area contributed by atoms with Crippen LogP contribution in [0.1, 0.15) is 24.8 Å². The molecule has 1 aliphatic carbocycles. The summed E-state index contributed by atoms with van der Waals surface area (Å²) in [6, 6.07) is 3.09. The van der Waals surface area contributed by atoms with Crippen LogP contribution in [0, 0.1) is 0 Å². The number of nitrogens with one attached hydrogen (secondary N) is 2. The number of H-pyrrole nitrogens is 1. The number of alkyl halides is 4. The topological polar surface area (TPSA) is 92.5 Å². The molecule has 0 aliphatic heterocycles. The molecule has 4 N–H and O–H groups in total. The molecule has 3 atom stereocenters. The molecule has 0 spiro atoms. The Morgan fingerprint density at radius 2 is 1.94 bits per heavy atom. The minimum absolute atomic E-state index is 0.199. The minimum Gasteiger partial charge on any atom is -0.361 e. The van der Waals surface area contributed by atoms with Crippen LogP contribution in [-0.4, -0.2) is 38.2 Å². The number of benzene rings is 1. The molecule has 0 amide bonds. The second-order valence-electron chi connectivity index (χ2n) is 8.10. The lowest BCUT2D eigenvalue weighted by molar-refractivity contribution is -0.137. The van der Waals surface area contributed by atoms with Crippen LogP contribution in [0.15, 0.2) is 43.0 Å². The largest absolute Gasteiger partial charge is 0.416 e. The number of hydrogen-bond donors (Lipinski definition) is 3. The van der Waals surface area contributed by atoms with E-state index in [0.717, 1.165) is 12.1 Å². The minimum atomic E-state index is -4.42. The van der Waals surface area contributed by atoms with Crippen LogP contribution < -0.4 is 11.1 Å². The highest BCUT2D eigenvalue weighted by Crippen LogP contribution is 2.36. The molecular formula is C22H20F4N6. The summed E-state index contributed by atoms with van der Waals surface area (Å²) in [4.78, 5) is 16.1. The number of halogens is 4. The summed E-state index contributed by atoms with van der Waals surface area (Å²) < 4.78 is 53.0. The second kappa shape index (κ2) is 7.70. The van der Waals surface area contributed by atoms with Crippen LogP contribution >= 0.6 is 0 Å². The van der Waals surface area contributed by atoms with E-state index in [0.29, 0.717) is 51.7 Å². The average Bonchev–Trinajstić information content (AvgIpc) is 3.18. The molecule has 0 radical (unpaired) electrons. The van der Waals surface area contributed by atoms with Gasteiger partial charge in [-0.05, 0) is 25.0 Å². The molecule has 6 nitrogen and oxygen atoms in total. The van der Waals surface area contributed by atoms with E-state index in [2.05, 4.69) is 25.3 Å². The Bertz CT molecular complexity index is 1280. The SMILES string of the molecule is NC1CCC(F)CC1Nc1ncc2cncc(-c3c[nH]c4cc(C(F)(F)F)ccc34)c2n1. The Labute approximate surface area is 180 Å². The Morgan fingerprint density at radius 3 is 2.75 bits per heavy atom. The molecular weight excluding hydrogens is 424 g/mol. The van der Waals surface area contributed by atoms with Crippen LogP contribution in [0.2, 0.25) is 0 Å². The van der Waals surface area contributed by atoms with E-state index >= 15 is 0 Å². The lowest BCUT2D eigenvalue weighted by Crippen LogP contribution is -2.45. The van der Waals surface area contributed by atoms with E-state index in [9.17, 15) is 17.6 Å². The summed E-state index contributed by atoms with van der Waals surface area (Å²) in [5.74, 6) is 0.318. The lowest BCUT2D eigenvalue weighted by atomic mass is 9.90. The Hall–Kier alpha value is -3.27. The zero-order valence-corrected chi connectivity index (χ0v) is 16.8. The number of aromatic amines is 1. The molecule has 4 aromatic rings. The molecule has 0 bridgehead atoms. The first-order valence-electron chi connectivity index (χ1n) is 10.3. The molecule has 3 aromatic heterocycles. The van der Waals surface area contributed by atoms with Crippen molar-refractivity contribution < 1.29 is 17.6 Å². The Morgan fingerprint density at radius 1 is 1.09 bits per heavy atom. The van der Waals surface area contributed by atoms with E-state index in [1.165, 1.54) is 6.07 Å². The standard InChI is InChI=1S/C22H20F4N6/c23-13-2-4-17(27)19(6-13)31-21-30-8-11-7-28-9-16(20(11)32-21)15-10-29-18-5-12(22(24,25)26)1-3-14(15)18/h1,3,5,7-10,13,17,19,29H,2,4,6,27H2,(H,30,31,32). The highest BCUT2D eigenvalue weighted by Gasteiger charge is 2.31. The first-order chi connectivity index (χ1) is 15.3. The molecule has 1 aromatic carbocycles. The Balaban J connectivity index is 1.55. The van der Waals surface area contributed by atoms with Gasteiger partial charge in [-0.2, -0.15) is 13.2 Å². The van der Waals surface area contributed by atoms with Crippen LogP contribution in [0.3, 0.4) is 0 Å². The van der Waals surface area contributed by atoms with Gasteiger partial charge in [-0.1, -0.05) is 6.07 Å². The molecule has 0 saturated heterocycles. The zero-order chi connectivity index (χ0) is 22.5. The number of anilines is 1. The molecule has 5 rings (SSSR count). The van der Waals surface area contributed by atoms with Crippen molar-refractivity contribution in [3.05, 3.63) is 48.5 Å². The third-order valence-electron chi connectivity index (χ3n) is 5.94. The number of aromatic nitrogens is 4. The summed E-state index contributed by atoms with van der Waals surface area (Å²) in [5.41, 5.74) is 7.68. The van der Waals surface area contributed by atoms with Gasteiger partial charge in [-0.3, -0.25) is 4.98 Å². The molecule has 3 unspecified atom stereocenters. The van der Waals surface area contributed by atoms with Crippen LogP contribution in [0.5, 0.6) is 0 Å². The summed E-state index contributed by atoms with van der Waals surface area (Å²) in [5, 5.41) is 4.44. The highest BCUT2D eigenvalue weighted by atomic mass is 19.4. The number of nitrogens with zero attached hydrogens (tertiary/aromatic N) is 3.